The minimum absolute atomic E-state index is 0.0117. The van der Waals surface area contributed by atoms with Gasteiger partial charge in [0.1, 0.15) is 11.6 Å². The van der Waals surface area contributed by atoms with Gasteiger partial charge >= 0.3 is 0 Å². The normalized spacial score (nSPS) is 15.4. The zero-order valence-electron chi connectivity index (χ0n) is 19.9. The van der Waals surface area contributed by atoms with Crippen LogP contribution in [0.25, 0.3) is 22.2 Å². The van der Waals surface area contributed by atoms with Gasteiger partial charge < -0.3 is 26.0 Å². The van der Waals surface area contributed by atoms with Crippen molar-refractivity contribution in [3.63, 3.8) is 0 Å². The molecule has 0 bridgehead atoms. The molecule has 0 aliphatic carbocycles. The lowest BCUT2D eigenvalue weighted by Gasteiger charge is -2.33. The smallest absolute Gasteiger partial charge is 0.247 e. The molecule has 1 aliphatic heterocycles. The first-order valence-corrected chi connectivity index (χ1v) is 11.7. The molecule has 5 rings (SSSR count). The van der Waals surface area contributed by atoms with E-state index in [1.165, 1.54) is 12.3 Å². The third-order valence-corrected chi connectivity index (χ3v) is 5.90. The minimum atomic E-state index is -0.496. The molecular weight excluding hydrogens is 475 g/mol. The molecule has 0 spiro atoms. The SMILES string of the molecule is C=CC(=O)Nc1ccnc(-c2c(F)ccc3cnc(Nc4ccc(N5CCO[C@@H](CN)C5)nc4)nc23)c1. The highest BCUT2D eigenvalue weighted by Gasteiger charge is 2.20. The monoisotopic (exact) mass is 500 g/mol. The number of aromatic nitrogens is 4. The van der Waals surface area contributed by atoms with Gasteiger partial charge in [-0.25, -0.2) is 19.3 Å². The Hall–Kier alpha value is -4.48. The number of fused-ring (bicyclic) bond motifs is 1. The number of nitrogens with two attached hydrogens (primary N) is 1. The highest BCUT2D eigenvalue weighted by atomic mass is 19.1. The number of amides is 1. The number of rotatable bonds is 7. The molecule has 0 unspecified atom stereocenters. The first-order chi connectivity index (χ1) is 18.0. The predicted molar refractivity (Wildman–Crippen MR) is 140 cm³/mol. The van der Waals surface area contributed by atoms with E-state index in [-0.39, 0.29) is 23.5 Å². The summed E-state index contributed by atoms with van der Waals surface area (Å²) in [6, 6.07) is 9.92. The van der Waals surface area contributed by atoms with Crippen LogP contribution in [0, 0.1) is 5.82 Å². The Morgan fingerprint density at radius 3 is 2.86 bits per heavy atom. The quantitative estimate of drug-likeness (QED) is 0.327. The van der Waals surface area contributed by atoms with Gasteiger partial charge in [0.25, 0.3) is 0 Å². The van der Waals surface area contributed by atoms with Gasteiger partial charge in [0.05, 0.1) is 41.4 Å². The highest BCUT2D eigenvalue weighted by Crippen LogP contribution is 2.31. The Morgan fingerprint density at radius 1 is 1.19 bits per heavy atom. The second-order valence-electron chi connectivity index (χ2n) is 8.38. The highest BCUT2D eigenvalue weighted by molar-refractivity contribution is 6.00. The largest absolute Gasteiger partial charge is 0.373 e. The van der Waals surface area contributed by atoms with Crippen molar-refractivity contribution in [3.8, 4) is 11.3 Å². The molecule has 1 atom stereocenters. The van der Waals surface area contributed by atoms with Gasteiger partial charge in [-0.15, -0.1) is 0 Å². The van der Waals surface area contributed by atoms with Gasteiger partial charge in [0.15, 0.2) is 0 Å². The standard InChI is InChI=1S/C26H25FN8O2/c1-2-23(36)32-17-7-8-29-21(11-17)24-20(27)5-3-16-13-31-26(34-25(16)24)33-18-4-6-22(30-14-18)35-9-10-37-19(12-28)15-35/h2-8,11,13-14,19H,1,9-10,12,15,28H2,(H,29,32,36)(H,31,33,34)/t19-/m0/s1. The van der Waals surface area contributed by atoms with E-state index in [2.05, 4.69) is 42.0 Å². The molecule has 4 N–H and O–H groups in total. The lowest BCUT2D eigenvalue weighted by Crippen LogP contribution is -2.46. The van der Waals surface area contributed by atoms with Crippen LogP contribution in [0.5, 0.6) is 0 Å². The number of nitrogens with one attached hydrogen (secondary N) is 2. The van der Waals surface area contributed by atoms with Crippen LogP contribution in [0.2, 0.25) is 0 Å². The number of hydrogen-bond acceptors (Lipinski definition) is 9. The van der Waals surface area contributed by atoms with Crippen molar-refractivity contribution in [2.24, 2.45) is 5.73 Å². The Morgan fingerprint density at radius 2 is 2.08 bits per heavy atom. The Balaban J connectivity index is 1.42. The first-order valence-electron chi connectivity index (χ1n) is 11.7. The van der Waals surface area contributed by atoms with Crippen LogP contribution in [0.3, 0.4) is 0 Å². The van der Waals surface area contributed by atoms with E-state index < -0.39 is 5.82 Å². The summed E-state index contributed by atoms with van der Waals surface area (Å²) in [5.41, 5.74) is 7.78. The third-order valence-electron chi connectivity index (χ3n) is 5.90. The molecule has 1 fully saturated rings. The first kappa shape index (κ1) is 24.2. The Kier molecular flexibility index (Phi) is 6.97. The average Bonchev–Trinajstić information content (AvgIpc) is 2.93. The van der Waals surface area contributed by atoms with E-state index in [0.29, 0.717) is 47.7 Å². The summed E-state index contributed by atoms with van der Waals surface area (Å²) in [6.45, 7) is 5.93. The number of benzene rings is 1. The molecule has 4 aromatic rings. The summed E-state index contributed by atoms with van der Waals surface area (Å²) >= 11 is 0. The molecule has 1 aromatic carbocycles. The lowest BCUT2D eigenvalue weighted by molar-refractivity contribution is -0.111. The topological polar surface area (TPSA) is 131 Å². The molecule has 0 saturated carbocycles. The van der Waals surface area contributed by atoms with Gasteiger partial charge in [0.2, 0.25) is 11.9 Å². The van der Waals surface area contributed by atoms with E-state index in [0.717, 1.165) is 18.4 Å². The van der Waals surface area contributed by atoms with Gasteiger partial charge in [0, 0.05) is 43.1 Å². The van der Waals surface area contributed by atoms with Crippen molar-refractivity contribution >= 4 is 40.0 Å². The van der Waals surface area contributed by atoms with Gasteiger partial charge in [-0.05, 0) is 42.5 Å². The molecular formula is C26H25FN8O2. The van der Waals surface area contributed by atoms with Crippen LogP contribution < -0.4 is 21.3 Å². The molecule has 11 heteroatoms. The number of pyridine rings is 2. The average molecular weight is 501 g/mol. The van der Waals surface area contributed by atoms with E-state index in [1.807, 2.05) is 12.1 Å². The number of carbonyl (C=O) groups excluding carboxylic acids is 1. The molecule has 0 radical (unpaired) electrons. The number of hydrogen-bond donors (Lipinski definition) is 3. The van der Waals surface area contributed by atoms with E-state index in [1.54, 1.807) is 30.6 Å². The third kappa shape index (κ3) is 5.37. The van der Waals surface area contributed by atoms with E-state index >= 15 is 4.39 Å². The van der Waals surface area contributed by atoms with E-state index in [9.17, 15) is 4.79 Å². The second-order valence-corrected chi connectivity index (χ2v) is 8.38. The Labute approximate surface area is 212 Å². The molecule has 10 nitrogen and oxygen atoms in total. The lowest BCUT2D eigenvalue weighted by atomic mass is 10.1. The fraction of sp³-hybridized carbons (Fsp3) is 0.192. The number of carbonyl (C=O) groups is 1. The summed E-state index contributed by atoms with van der Waals surface area (Å²) in [5.74, 6) is 0.228. The maximum Gasteiger partial charge on any atom is 0.247 e. The summed E-state index contributed by atoms with van der Waals surface area (Å²) in [6.07, 6.45) is 5.93. The molecule has 1 amide bonds. The fourth-order valence-corrected chi connectivity index (χ4v) is 4.06. The summed E-state index contributed by atoms with van der Waals surface area (Å²) in [4.78, 5) is 31.6. The number of anilines is 4. The molecule has 3 aromatic heterocycles. The minimum Gasteiger partial charge on any atom is -0.373 e. The van der Waals surface area contributed by atoms with Crippen molar-refractivity contribution in [1.29, 1.82) is 0 Å². The zero-order valence-corrected chi connectivity index (χ0v) is 19.9. The van der Waals surface area contributed by atoms with E-state index in [4.69, 9.17) is 10.5 Å². The van der Waals surface area contributed by atoms with Crippen LogP contribution in [-0.2, 0) is 9.53 Å². The van der Waals surface area contributed by atoms with Gasteiger partial charge in [-0.2, -0.15) is 0 Å². The molecule has 1 aliphatic rings. The van der Waals surface area contributed by atoms with Gasteiger partial charge in [-0.1, -0.05) is 6.58 Å². The summed E-state index contributed by atoms with van der Waals surface area (Å²) in [5, 5.41) is 6.43. The van der Waals surface area contributed by atoms with Crippen LogP contribution >= 0.6 is 0 Å². The van der Waals surface area contributed by atoms with Crippen LogP contribution in [0.4, 0.5) is 27.5 Å². The van der Waals surface area contributed by atoms with Crippen molar-refractivity contribution in [2.45, 2.75) is 6.10 Å². The maximum atomic E-state index is 15.0. The maximum absolute atomic E-state index is 15.0. The van der Waals surface area contributed by atoms with Crippen molar-refractivity contribution in [1.82, 2.24) is 19.9 Å². The molecule has 4 heterocycles. The van der Waals surface area contributed by atoms with Crippen LogP contribution in [0.1, 0.15) is 0 Å². The second kappa shape index (κ2) is 10.6. The zero-order chi connectivity index (χ0) is 25.8. The van der Waals surface area contributed by atoms with Crippen molar-refractivity contribution < 1.29 is 13.9 Å². The van der Waals surface area contributed by atoms with Crippen LogP contribution in [0.15, 0.2) is 67.6 Å². The molecule has 37 heavy (non-hydrogen) atoms. The number of ether oxygens (including phenoxy) is 1. The fourth-order valence-electron chi connectivity index (χ4n) is 4.06. The summed E-state index contributed by atoms with van der Waals surface area (Å²) in [7, 11) is 0. The van der Waals surface area contributed by atoms with Crippen LogP contribution in [-0.4, -0.2) is 58.2 Å². The number of halogens is 1. The van der Waals surface area contributed by atoms with Crippen molar-refractivity contribution in [2.75, 3.05) is 41.8 Å². The van der Waals surface area contributed by atoms with Gasteiger partial charge in [-0.3, -0.25) is 9.78 Å². The van der Waals surface area contributed by atoms with Crippen molar-refractivity contribution in [3.05, 3.63) is 73.5 Å². The molecule has 188 valence electrons. The molecule has 1 saturated heterocycles. The predicted octanol–water partition coefficient (Wildman–Crippen LogP) is 3.26. The number of morpholine rings is 1. The summed E-state index contributed by atoms with van der Waals surface area (Å²) < 4.78 is 20.7. The number of nitrogens with zero attached hydrogens (tertiary/aromatic N) is 5. The Bertz CT molecular complexity index is 1450.